The smallest absolute Gasteiger partial charge is 0.215 e. The standard InChI is InChI=1S/C19H18Cl2N4O/c20-14-5-3-4-13(17(14)21)19(26)18-15-6-1-2-9-25(15)16(23-18)12-24-10-7-22-8-11-24/h1-6,9,22H,7-8,10-12H2. The van der Waals surface area contributed by atoms with Crippen LogP contribution in [0.5, 0.6) is 0 Å². The number of ketones is 1. The average Bonchev–Trinajstić information content (AvgIpc) is 3.03. The van der Waals surface area contributed by atoms with Crippen LogP contribution in [0.1, 0.15) is 21.9 Å². The minimum absolute atomic E-state index is 0.215. The summed E-state index contributed by atoms with van der Waals surface area (Å²) in [6, 6.07) is 10.8. The number of nitrogens with one attached hydrogen (secondary N) is 1. The number of hydrogen-bond donors (Lipinski definition) is 1. The normalized spacial score (nSPS) is 15.5. The predicted octanol–water partition coefficient (Wildman–Crippen LogP) is 3.28. The van der Waals surface area contributed by atoms with Gasteiger partial charge in [0.15, 0.2) is 0 Å². The molecule has 4 rings (SSSR count). The lowest BCUT2D eigenvalue weighted by Gasteiger charge is -2.26. The van der Waals surface area contributed by atoms with Crippen molar-refractivity contribution in [2.75, 3.05) is 26.2 Å². The Balaban J connectivity index is 1.75. The van der Waals surface area contributed by atoms with Crippen molar-refractivity contribution in [3.63, 3.8) is 0 Å². The Morgan fingerprint density at radius 1 is 1.12 bits per heavy atom. The fraction of sp³-hybridized carbons (Fsp3) is 0.263. The molecule has 26 heavy (non-hydrogen) atoms. The molecule has 1 fully saturated rings. The van der Waals surface area contributed by atoms with Crippen LogP contribution in [-0.4, -0.2) is 46.2 Å². The highest BCUT2D eigenvalue weighted by Gasteiger charge is 2.22. The molecule has 0 saturated carbocycles. The average molecular weight is 389 g/mol. The molecule has 134 valence electrons. The van der Waals surface area contributed by atoms with Crippen LogP contribution in [0.25, 0.3) is 5.52 Å². The Labute approximate surface area is 161 Å². The third kappa shape index (κ3) is 3.23. The maximum absolute atomic E-state index is 13.1. The summed E-state index contributed by atoms with van der Waals surface area (Å²) in [6.45, 7) is 4.56. The molecule has 0 spiro atoms. The molecule has 0 atom stereocenters. The van der Waals surface area contributed by atoms with Gasteiger partial charge < -0.3 is 9.72 Å². The quantitative estimate of drug-likeness (QED) is 0.696. The molecule has 1 saturated heterocycles. The largest absolute Gasteiger partial charge is 0.314 e. The van der Waals surface area contributed by atoms with E-state index in [1.54, 1.807) is 18.2 Å². The van der Waals surface area contributed by atoms with Crippen LogP contribution in [0.2, 0.25) is 10.0 Å². The molecule has 2 aromatic heterocycles. The Bertz CT molecular complexity index is 963. The number of rotatable bonds is 4. The van der Waals surface area contributed by atoms with Gasteiger partial charge in [-0.1, -0.05) is 35.3 Å². The Kier molecular flexibility index (Phi) is 4.96. The Morgan fingerprint density at radius 3 is 2.73 bits per heavy atom. The maximum atomic E-state index is 13.1. The van der Waals surface area contributed by atoms with E-state index in [4.69, 9.17) is 23.2 Å². The summed E-state index contributed by atoms with van der Waals surface area (Å²) in [4.78, 5) is 20.1. The van der Waals surface area contributed by atoms with Crippen LogP contribution in [-0.2, 0) is 6.54 Å². The van der Waals surface area contributed by atoms with Crippen molar-refractivity contribution in [2.24, 2.45) is 0 Å². The number of aromatic nitrogens is 2. The van der Waals surface area contributed by atoms with Crippen LogP contribution in [0.15, 0.2) is 42.6 Å². The lowest BCUT2D eigenvalue weighted by molar-refractivity contribution is 0.103. The molecule has 1 N–H and O–H groups in total. The van der Waals surface area contributed by atoms with E-state index in [1.807, 2.05) is 28.8 Å². The summed E-state index contributed by atoms with van der Waals surface area (Å²) in [5.41, 5.74) is 1.55. The van der Waals surface area contributed by atoms with Gasteiger partial charge in [-0.05, 0) is 24.3 Å². The number of halogens is 2. The summed E-state index contributed by atoms with van der Waals surface area (Å²) < 4.78 is 1.98. The number of imidazole rings is 1. The number of pyridine rings is 1. The van der Waals surface area contributed by atoms with E-state index in [2.05, 4.69) is 15.2 Å². The highest BCUT2D eigenvalue weighted by molar-refractivity contribution is 6.44. The van der Waals surface area contributed by atoms with Crippen molar-refractivity contribution in [3.05, 3.63) is 69.7 Å². The number of fused-ring (bicyclic) bond motifs is 1. The van der Waals surface area contributed by atoms with Gasteiger partial charge in [-0.3, -0.25) is 9.69 Å². The molecular formula is C19H18Cl2N4O. The first-order chi connectivity index (χ1) is 12.6. The zero-order chi connectivity index (χ0) is 18.1. The van der Waals surface area contributed by atoms with Crippen molar-refractivity contribution in [2.45, 2.75) is 6.54 Å². The van der Waals surface area contributed by atoms with Crippen LogP contribution >= 0.6 is 23.2 Å². The number of carbonyl (C=O) groups excluding carboxylic acids is 1. The summed E-state index contributed by atoms with van der Waals surface area (Å²) in [6.07, 6.45) is 1.94. The van der Waals surface area contributed by atoms with E-state index in [9.17, 15) is 4.79 Å². The van der Waals surface area contributed by atoms with Crippen molar-refractivity contribution in [1.29, 1.82) is 0 Å². The Hall–Kier alpha value is -1.92. The zero-order valence-corrected chi connectivity index (χ0v) is 15.6. The highest BCUT2D eigenvalue weighted by atomic mass is 35.5. The molecule has 0 radical (unpaired) electrons. The lowest BCUT2D eigenvalue weighted by atomic mass is 10.1. The first kappa shape index (κ1) is 17.5. The summed E-state index contributed by atoms with van der Waals surface area (Å²) in [7, 11) is 0. The minimum atomic E-state index is -0.215. The fourth-order valence-corrected chi connectivity index (χ4v) is 3.64. The van der Waals surface area contributed by atoms with E-state index < -0.39 is 0 Å². The SMILES string of the molecule is O=C(c1cccc(Cl)c1Cl)c1nc(CN2CCNCC2)n2ccccc12. The summed E-state index contributed by atoms with van der Waals surface area (Å²) in [5.74, 6) is 0.636. The number of piperazine rings is 1. The fourth-order valence-electron chi connectivity index (χ4n) is 3.26. The molecule has 7 heteroatoms. The van der Waals surface area contributed by atoms with Gasteiger partial charge in [0.05, 0.1) is 22.1 Å². The second kappa shape index (κ2) is 7.37. The van der Waals surface area contributed by atoms with Gasteiger partial charge in [0.2, 0.25) is 5.78 Å². The lowest BCUT2D eigenvalue weighted by Crippen LogP contribution is -2.43. The van der Waals surface area contributed by atoms with Gasteiger partial charge in [-0.25, -0.2) is 4.98 Å². The van der Waals surface area contributed by atoms with Gasteiger partial charge in [0.1, 0.15) is 11.5 Å². The molecule has 5 nitrogen and oxygen atoms in total. The second-order valence-electron chi connectivity index (χ2n) is 6.29. The van der Waals surface area contributed by atoms with Gasteiger partial charge in [-0.2, -0.15) is 0 Å². The van der Waals surface area contributed by atoms with Gasteiger partial charge in [0, 0.05) is 37.9 Å². The van der Waals surface area contributed by atoms with E-state index in [0.29, 0.717) is 22.8 Å². The number of benzene rings is 1. The molecule has 0 bridgehead atoms. The van der Waals surface area contributed by atoms with Crippen molar-refractivity contribution < 1.29 is 4.79 Å². The Morgan fingerprint density at radius 2 is 1.92 bits per heavy atom. The predicted molar refractivity (Wildman–Crippen MR) is 103 cm³/mol. The first-order valence-corrected chi connectivity index (χ1v) is 9.28. The van der Waals surface area contributed by atoms with Crippen LogP contribution in [0.3, 0.4) is 0 Å². The second-order valence-corrected chi connectivity index (χ2v) is 7.07. The van der Waals surface area contributed by atoms with E-state index in [-0.39, 0.29) is 10.8 Å². The third-order valence-electron chi connectivity index (χ3n) is 4.61. The molecular weight excluding hydrogens is 371 g/mol. The molecule has 1 aromatic carbocycles. The number of nitrogens with zero attached hydrogens (tertiary/aromatic N) is 3. The summed E-state index contributed by atoms with van der Waals surface area (Å²) >= 11 is 12.3. The van der Waals surface area contributed by atoms with Crippen LogP contribution in [0.4, 0.5) is 0 Å². The molecule has 0 aliphatic carbocycles. The third-order valence-corrected chi connectivity index (χ3v) is 5.43. The summed E-state index contributed by atoms with van der Waals surface area (Å²) in [5, 5.41) is 3.97. The molecule has 3 heterocycles. The minimum Gasteiger partial charge on any atom is -0.314 e. The van der Waals surface area contributed by atoms with E-state index in [1.165, 1.54) is 0 Å². The van der Waals surface area contributed by atoms with Gasteiger partial charge in [-0.15, -0.1) is 0 Å². The molecule has 0 unspecified atom stereocenters. The van der Waals surface area contributed by atoms with Crippen LogP contribution < -0.4 is 5.32 Å². The van der Waals surface area contributed by atoms with Gasteiger partial charge >= 0.3 is 0 Å². The zero-order valence-electron chi connectivity index (χ0n) is 14.1. The molecule has 3 aromatic rings. The highest BCUT2D eigenvalue weighted by Crippen LogP contribution is 2.28. The number of carbonyl (C=O) groups is 1. The van der Waals surface area contributed by atoms with E-state index >= 15 is 0 Å². The molecule has 1 aliphatic rings. The van der Waals surface area contributed by atoms with Crippen molar-refractivity contribution in [3.8, 4) is 0 Å². The van der Waals surface area contributed by atoms with Crippen molar-refractivity contribution >= 4 is 34.5 Å². The topological polar surface area (TPSA) is 49.6 Å². The molecule has 1 aliphatic heterocycles. The molecule has 0 amide bonds. The number of hydrogen-bond acceptors (Lipinski definition) is 4. The van der Waals surface area contributed by atoms with Crippen molar-refractivity contribution in [1.82, 2.24) is 19.6 Å². The van der Waals surface area contributed by atoms with Crippen LogP contribution in [0, 0.1) is 0 Å². The van der Waals surface area contributed by atoms with E-state index in [0.717, 1.165) is 37.5 Å². The maximum Gasteiger partial charge on any atom is 0.215 e. The van der Waals surface area contributed by atoms with Gasteiger partial charge in [0.25, 0.3) is 0 Å². The first-order valence-electron chi connectivity index (χ1n) is 8.53. The monoisotopic (exact) mass is 388 g/mol.